The van der Waals surface area contributed by atoms with Gasteiger partial charge in [-0.25, -0.2) is 0 Å². The lowest BCUT2D eigenvalue weighted by Gasteiger charge is -1.96. The number of hydrogen-bond acceptors (Lipinski definition) is 4. The van der Waals surface area contributed by atoms with Crippen LogP contribution < -0.4 is 5.32 Å². The summed E-state index contributed by atoms with van der Waals surface area (Å²) in [5.74, 6) is 0.409. The Morgan fingerprint density at radius 3 is 3.27 bits per heavy atom. The molecule has 0 aliphatic carbocycles. The number of nitrogens with one attached hydrogen (secondary N) is 1. The van der Waals surface area contributed by atoms with Gasteiger partial charge >= 0.3 is 0 Å². The number of carbonyl (C=O) groups excluding carboxylic acids is 1. The number of hydrogen-bond donors (Lipinski definition) is 1. The van der Waals surface area contributed by atoms with E-state index in [-0.39, 0.29) is 5.91 Å². The molecule has 1 amide bonds. The Labute approximate surface area is 68.3 Å². The zero-order valence-corrected chi connectivity index (χ0v) is 6.85. The van der Waals surface area contributed by atoms with E-state index in [1.54, 1.807) is 0 Å². The summed E-state index contributed by atoms with van der Waals surface area (Å²) in [5.41, 5.74) is 0.601. The molecule has 1 rings (SSSR count). The van der Waals surface area contributed by atoms with Gasteiger partial charge in [0.1, 0.15) is 12.0 Å². The molecular formula is C6H8N2O2S. The molecular weight excluding hydrogens is 164 g/mol. The van der Waals surface area contributed by atoms with Gasteiger partial charge in [-0.1, -0.05) is 5.16 Å². The van der Waals surface area contributed by atoms with Crippen LogP contribution >= 0.6 is 11.8 Å². The van der Waals surface area contributed by atoms with Gasteiger partial charge in [0.2, 0.25) is 5.91 Å². The van der Waals surface area contributed by atoms with E-state index in [9.17, 15) is 4.79 Å². The van der Waals surface area contributed by atoms with E-state index >= 15 is 0 Å². The first-order valence-electron chi connectivity index (χ1n) is 3.01. The summed E-state index contributed by atoms with van der Waals surface area (Å²) in [6.45, 7) is 0. The Morgan fingerprint density at radius 2 is 2.73 bits per heavy atom. The third-order valence-corrected chi connectivity index (χ3v) is 1.54. The normalized spacial score (nSPS) is 9.55. The molecule has 0 atom stereocenters. The van der Waals surface area contributed by atoms with Crippen molar-refractivity contribution in [2.45, 2.75) is 0 Å². The first kappa shape index (κ1) is 8.13. The molecule has 0 saturated carbocycles. The minimum absolute atomic E-state index is 0.0410. The van der Waals surface area contributed by atoms with Crippen LogP contribution in [0.25, 0.3) is 0 Å². The molecule has 0 aliphatic rings. The van der Waals surface area contributed by atoms with E-state index in [1.165, 1.54) is 24.2 Å². The maximum atomic E-state index is 10.9. The topological polar surface area (TPSA) is 55.1 Å². The standard InChI is InChI=1S/C6H8N2O2S/c1-11-4-6(9)8-5-2-7-10-3-5/h2-3H,4H2,1H3,(H,8,9). The zero-order chi connectivity index (χ0) is 8.10. The van der Waals surface area contributed by atoms with Crippen molar-refractivity contribution in [1.82, 2.24) is 5.16 Å². The molecule has 1 N–H and O–H groups in total. The zero-order valence-electron chi connectivity index (χ0n) is 6.03. The van der Waals surface area contributed by atoms with Crippen LogP contribution in [0.5, 0.6) is 0 Å². The second-order valence-electron chi connectivity index (χ2n) is 1.89. The highest BCUT2D eigenvalue weighted by molar-refractivity contribution is 7.99. The minimum Gasteiger partial charge on any atom is -0.363 e. The quantitative estimate of drug-likeness (QED) is 0.738. The van der Waals surface area contributed by atoms with Crippen LogP contribution in [0.1, 0.15) is 0 Å². The first-order valence-corrected chi connectivity index (χ1v) is 4.40. The predicted molar refractivity (Wildman–Crippen MR) is 43.5 cm³/mol. The Morgan fingerprint density at radius 1 is 1.91 bits per heavy atom. The Kier molecular flexibility index (Phi) is 2.97. The Bertz CT molecular complexity index is 222. The molecule has 11 heavy (non-hydrogen) atoms. The molecule has 0 fully saturated rings. The summed E-state index contributed by atoms with van der Waals surface area (Å²) >= 11 is 1.47. The molecule has 0 spiro atoms. The summed E-state index contributed by atoms with van der Waals surface area (Å²) < 4.78 is 4.52. The Hall–Kier alpha value is -0.970. The SMILES string of the molecule is CSCC(=O)Nc1cnoc1. The fraction of sp³-hybridized carbons (Fsp3) is 0.333. The molecule has 1 aromatic rings. The second kappa shape index (κ2) is 4.02. The molecule has 5 heteroatoms. The number of rotatable bonds is 3. The van der Waals surface area contributed by atoms with E-state index in [0.29, 0.717) is 11.4 Å². The van der Waals surface area contributed by atoms with Crippen molar-refractivity contribution >= 4 is 23.4 Å². The minimum atomic E-state index is -0.0410. The molecule has 0 radical (unpaired) electrons. The molecule has 0 aliphatic heterocycles. The van der Waals surface area contributed by atoms with Gasteiger partial charge in [0.25, 0.3) is 0 Å². The molecule has 0 bridgehead atoms. The third kappa shape index (κ3) is 2.63. The van der Waals surface area contributed by atoms with Gasteiger partial charge in [-0.3, -0.25) is 4.79 Å². The summed E-state index contributed by atoms with van der Waals surface area (Å²) in [6, 6.07) is 0. The van der Waals surface area contributed by atoms with E-state index in [4.69, 9.17) is 0 Å². The summed E-state index contributed by atoms with van der Waals surface area (Å²) in [6.07, 6.45) is 4.71. The lowest BCUT2D eigenvalue weighted by atomic mass is 10.5. The van der Waals surface area contributed by atoms with Crippen LogP contribution in [0.4, 0.5) is 5.69 Å². The lowest BCUT2D eigenvalue weighted by molar-refractivity contribution is -0.113. The average Bonchev–Trinajstić information content (AvgIpc) is 2.40. The van der Waals surface area contributed by atoms with Crippen LogP contribution in [0.3, 0.4) is 0 Å². The molecule has 4 nitrogen and oxygen atoms in total. The van der Waals surface area contributed by atoms with Crippen molar-refractivity contribution in [3.63, 3.8) is 0 Å². The van der Waals surface area contributed by atoms with E-state index in [1.807, 2.05) is 6.26 Å². The highest BCUT2D eigenvalue weighted by atomic mass is 32.2. The monoisotopic (exact) mass is 172 g/mol. The number of aromatic nitrogens is 1. The molecule has 1 heterocycles. The summed E-state index contributed by atoms with van der Waals surface area (Å²) in [4.78, 5) is 10.9. The third-order valence-electron chi connectivity index (χ3n) is 0.992. The van der Waals surface area contributed by atoms with Gasteiger partial charge in [-0.05, 0) is 6.26 Å². The van der Waals surface area contributed by atoms with Crippen LogP contribution in [-0.4, -0.2) is 23.1 Å². The largest absolute Gasteiger partial charge is 0.363 e. The maximum absolute atomic E-state index is 10.9. The predicted octanol–water partition coefficient (Wildman–Crippen LogP) is 0.976. The van der Waals surface area contributed by atoms with Gasteiger partial charge in [0, 0.05) is 0 Å². The highest BCUT2D eigenvalue weighted by Crippen LogP contribution is 2.04. The van der Waals surface area contributed by atoms with Gasteiger partial charge in [0.05, 0.1) is 11.9 Å². The van der Waals surface area contributed by atoms with E-state index in [0.717, 1.165) is 0 Å². The smallest absolute Gasteiger partial charge is 0.234 e. The van der Waals surface area contributed by atoms with Crippen molar-refractivity contribution < 1.29 is 9.32 Å². The van der Waals surface area contributed by atoms with Gasteiger partial charge in [0.15, 0.2) is 0 Å². The second-order valence-corrected chi connectivity index (χ2v) is 2.76. The number of thioether (sulfide) groups is 1. The molecule has 0 aromatic carbocycles. The summed E-state index contributed by atoms with van der Waals surface area (Å²) in [7, 11) is 0. The van der Waals surface area contributed by atoms with Crippen LogP contribution in [0.15, 0.2) is 17.0 Å². The molecule has 0 unspecified atom stereocenters. The Balaban J connectivity index is 2.37. The van der Waals surface area contributed by atoms with Crippen molar-refractivity contribution in [2.24, 2.45) is 0 Å². The fourth-order valence-electron chi connectivity index (χ4n) is 0.595. The van der Waals surface area contributed by atoms with Crippen LogP contribution in [0, 0.1) is 0 Å². The lowest BCUT2D eigenvalue weighted by Crippen LogP contribution is -2.12. The number of carbonyl (C=O) groups is 1. The molecule has 0 saturated heterocycles. The fourth-order valence-corrected chi connectivity index (χ4v) is 0.929. The van der Waals surface area contributed by atoms with Gasteiger partial charge in [-0.15, -0.1) is 0 Å². The number of nitrogens with zero attached hydrogens (tertiary/aromatic N) is 1. The van der Waals surface area contributed by atoms with Gasteiger partial charge < -0.3 is 9.84 Å². The van der Waals surface area contributed by atoms with Crippen LogP contribution in [0.2, 0.25) is 0 Å². The van der Waals surface area contributed by atoms with Gasteiger partial charge in [-0.2, -0.15) is 11.8 Å². The van der Waals surface area contributed by atoms with Crippen LogP contribution in [-0.2, 0) is 4.79 Å². The average molecular weight is 172 g/mol. The van der Waals surface area contributed by atoms with Crippen molar-refractivity contribution in [3.05, 3.63) is 12.5 Å². The van der Waals surface area contributed by atoms with E-state index < -0.39 is 0 Å². The highest BCUT2D eigenvalue weighted by Gasteiger charge is 2.01. The number of amides is 1. The number of anilines is 1. The molecule has 60 valence electrons. The van der Waals surface area contributed by atoms with Crippen molar-refractivity contribution in [3.8, 4) is 0 Å². The first-order chi connectivity index (χ1) is 5.33. The maximum Gasteiger partial charge on any atom is 0.234 e. The summed E-state index contributed by atoms with van der Waals surface area (Å²) in [5, 5.41) is 6.05. The van der Waals surface area contributed by atoms with Crippen molar-refractivity contribution in [2.75, 3.05) is 17.3 Å². The van der Waals surface area contributed by atoms with E-state index in [2.05, 4.69) is 15.0 Å². The van der Waals surface area contributed by atoms with Crippen molar-refractivity contribution in [1.29, 1.82) is 0 Å². The molecule has 1 aromatic heterocycles.